The van der Waals surface area contributed by atoms with E-state index in [0.29, 0.717) is 35.1 Å². The van der Waals surface area contributed by atoms with E-state index in [-0.39, 0.29) is 17.9 Å². The Morgan fingerprint density at radius 2 is 2.26 bits per heavy atom. The van der Waals surface area contributed by atoms with Crippen molar-refractivity contribution in [3.63, 3.8) is 0 Å². The Labute approximate surface area is 143 Å². The van der Waals surface area contributed by atoms with Crippen LogP contribution in [0.25, 0.3) is 0 Å². The number of carbonyl (C=O) groups is 2. The number of benzene rings is 1. The first-order chi connectivity index (χ1) is 11.0. The number of hydrogen-bond donors (Lipinski definition) is 1. The summed E-state index contributed by atoms with van der Waals surface area (Å²) in [6, 6.07) is 7.29. The van der Waals surface area contributed by atoms with Gasteiger partial charge in [0.05, 0.1) is 17.2 Å². The van der Waals surface area contributed by atoms with Gasteiger partial charge in [-0.15, -0.1) is 11.3 Å². The first kappa shape index (κ1) is 16.0. The molecule has 2 aromatic rings. The molecule has 1 saturated heterocycles. The van der Waals surface area contributed by atoms with E-state index in [1.807, 2.05) is 24.3 Å². The smallest absolute Gasteiger partial charge is 0.263 e. The molecule has 23 heavy (non-hydrogen) atoms. The second kappa shape index (κ2) is 6.68. The first-order valence-electron chi connectivity index (χ1n) is 7.26. The van der Waals surface area contributed by atoms with Gasteiger partial charge >= 0.3 is 0 Å². The Kier molecular flexibility index (Phi) is 4.63. The third kappa shape index (κ3) is 3.54. The second-order valence-electron chi connectivity index (χ2n) is 5.51. The average Bonchev–Trinajstić information content (AvgIpc) is 3.08. The van der Waals surface area contributed by atoms with E-state index in [4.69, 9.17) is 11.6 Å². The van der Waals surface area contributed by atoms with Crippen LogP contribution in [0.15, 0.2) is 29.8 Å². The lowest BCUT2D eigenvalue weighted by Gasteiger charge is -2.18. The van der Waals surface area contributed by atoms with Crippen LogP contribution < -0.4 is 5.32 Å². The highest BCUT2D eigenvalue weighted by Crippen LogP contribution is 2.21. The summed E-state index contributed by atoms with van der Waals surface area (Å²) >= 11 is 7.45. The Hall–Kier alpha value is -1.92. The van der Waals surface area contributed by atoms with E-state index in [1.165, 1.54) is 11.3 Å². The fraction of sp³-hybridized carbons (Fsp3) is 0.312. The number of likely N-dealkylation sites (tertiary alicyclic amines) is 1. The Morgan fingerprint density at radius 1 is 1.48 bits per heavy atom. The number of carbonyl (C=O) groups excluding carboxylic acids is 2. The summed E-state index contributed by atoms with van der Waals surface area (Å²) in [6.45, 7) is 2.76. The van der Waals surface area contributed by atoms with Crippen LogP contribution in [0.5, 0.6) is 0 Å². The number of aromatic nitrogens is 1. The molecule has 0 saturated carbocycles. The molecule has 1 aliphatic rings. The highest BCUT2D eigenvalue weighted by Gasteiger charge is 2.31. The van der Waals surface area contributed by atoms with Gasteiger partial charge in [-0.05, 0) is 18.6 Å². The van der Waals surface area contributed by atoms with Gasteiger partial charge in [-0.25, -0.2) is 4.98 Å². The standard InChI is InChI=1S/C16H16ClN3O2S/c1-10-15(23-9-18-10)16(22)19-12-6-14(21)20(8-12)7-11-4-2-3-5-13(11)17/h2-5,9,12H,6-8H2,1H3,(H,19,22). The van der Waals surface area contributed by atoms with Crippen LogP contribution >= 0.6 is 22.9 Å². The molecule has 1 N–H and O–H groups in total. The number of hydrogen-bond acceptors (Lipinski definition) is 4. The topological polar surface area (TPSA) is 62.3 Å². The summed E-state index contributed by atoms with van der Waals surface area (Å²) in [5, 5.41) is 3.57. The molecule has 0 radical (unpaired) electrons. The molecule has 5 nitrogen and oxygen atoms in total. The molecule has 1 aliphatic heterocycles. The Morgan fingerprint density at radius 3 is 2.96 bits per heavy atom. The van der Waals surface area contributed by atoms with Crippen LogP contribution in [-0.4, -0.2) is 34.3 Å². The van der Waals surface area contributed by atoms with Gasteiger partial charge in [-0.1, -0.05) is 29.8 Å². The molecular weight excluding hydrogens is 334 g/mol. The Balaban J connectivity index is 1.63. The number of nitrogens with zero attached hydrogens (tertiary/aromatic N) is 2. The van der Waals surface area contributed by atoms with E-state index < -0.39 is 0 Å². The van der Waals surface area contributed by atoms with Crippen molar-refractivity contribution in [2.24, 2.45) is 0 Å². The maximum Gasteiger partial charge on any atom is 0.263 e. The predicted octanol–water partition coefficient (Wildman–Crippen LogP) is 2.64. The molecule has 1 atom stereocenters. The van der Waals surface area contributed by atoms with Gasteiger partial charge in [-0.2, -0.15) is 0 Å². The second-order valence-corrected chi connectivity index (χ2v) is 6.77. The molecule has 7 heteroatoms. The zero-order valence-corrected chi connectivity index (χ0v) is 14.2. The zero-order chi connectivity index (χ0) is 16.4. The van der Waals surface area contributed by atoms with Gasteiger partial charge in [0.25, 0.3) is 5.91 Å². The summed E-state index contributed by atoms with van der Waals surface area (Å²) in [7, 11) is 0. The molecule has 1 aromatic carbocycles. The maximum atomic E-state index is 12.2. The van der Waals surface area contributed by atoms with E-state index >= 15 is 0 Å². The molecule has 0 bridgehead atoms. The van der Waals surface area contributed by atoms with Gasteiger partial charge in [-0.3, -0.25) is 9.59 Å². The minimum atomic E-state index is -0.181. The van der Waals surface area contributed by atoms with Crippen molar-refractivity contribution in [2.45, 2.75) is 25.9 Å². The van der Waals surface area contributed by atoms with Gasteiger partial charge < -0.3 is 10.2 Å². The van der Waals surface area contributed by atoms with Crippen LogP contribution in [0.1, 0.15) is 27.3 Å². The minimum absolute atomic E-state index is 0.0243. The minimum Gasteiger partial charge on any atom is -0.346 e. The highest BCUT2D eigenvalue weighted by atomic mass is 35.5. The SMILES string of the molecule is Cc1ncsc1C(=O)NC1CC(=O)N(Cc2ccccc2Cl)C1. The molecule has 2 amide bonds. The van der Waals surface area contributed by atoms with Crippen molar-refractivity contribution in [1.82, 2.24) is 15.2 Å². The van der Waals surface area contributed by atoms with Crippen LogP contribution in [0.3, 0.4) is 0 Å². The van der Waals surface area contributed by atoms with Crippen LogP contribution in [-0.2, 0) is 11.3 Å². The molecule has 0 spiro atoms. The molecule has 120 valence electrons. The monoisotopic (exact) mass is 349 g/mol. The molecule has 2 heterocycles. The van der Waals surface area contributed by atoms with E-state index in [0.717, 1.165) is 5.56 Å². The lowest BCUT2D eigenvalue weighted by Crippen LogP contribution is -2.37. The molecule has 1 aromatic heterocycles. The number of halogens is 1. The summed E-state index contributed by atoms with van der Waals surface area (Å²) in [5.41, 5.74) is 3.27. The predicted molar refractivity (Wildman–Crippen MR) is 89.6 cm³/mol. The number of rotatable bonds is 4. The lowest BCUT2D eigenvalue weighted by atomic mass is 10.2. The number of thiazole rings is 1. The maximum absolute atomic E-state index is 12.2. The first-order valence-corrected chi connectivity index (χ1v) is 8.52. The number of aryl methyl sites for hydroxylation is 1. The van der Waals surface area contributed by atoms with Crippen LogP contribution in [0.2, 0.25) is 5.02 Å². The zero-order valence-electron chi connectivity index (χ0n) is 12.6. The normalized spacial score (nSPS) is 17.6. The van der Waals surface area contributed by atoms with Crippen LogP contribution in [0.4, 0.5) is 0 Å². The average molecular weight is 350 g/mol. The van der Waals surface area contributed by atoms with Gasteiger partial charge in [0.2, 0.25) is 5.91 Å². The molecule has 3 rings (SSSR count). The number of amides is 2. The summed E-state index contributed by atoms with van der Waals surface area (Å²) in [6.07, 6.45) is 0.314. The van der Waals surface area contributed by atoms with Crippen molar-refractivity contribution < 1.29 is 9.59 Å². The van der Waals surface area contributed by atoms with Crippen molar-refractivity contribution in [3.8, 4) is 0 Å². The third-order valence-corrected chi connectivity index (χ3v) is 5.12. The van der Waals surface area contributed by atoms with E-state index in [2.05, 4.69) is 10.3 Å². The largest absolute Gasteiger partial charge is 0.346 e. The molecular formula is C16H16ClN3O2S. The van der Waals surface area contributed by atoms with Crippen molar-refractivity contribution >= 4 is 34.8 Å². The molecule has 0 aliphatic carbocycles. The Bertz CT molecular complexity index is 746. The fourth-order valence-electron chi connectivity index (χ4n) is 2.62. The summed E-state index contributed by atoms with van der Waals surface area (Å²) in [5.74, 6) is -0.140. The van der Waals surface area contributed by atoms with Gasteiger partial charge in [0.1, 0.15) is 4.88 Å². The third-order valence-electron chi connectivity index (χ3n) is 3.82. The summed E-state index contributed by atoms with van der Waals surface area (Å²) < 4.78 is 0. The van der Waals surface area contributed by atoms with Crippen molar-refractivity contribution in [1.29, 1.82) is 0 Å². The fourth-order valence-corrected chi connectivity index (χ4v) is 3.53. The molecule has 1 fully saturated rings. The number of nitrogens with one attached hydrogen (secondary N) is 1. The van der Waals surface area contributed by atoms with Crippen molar-refractivity contribution in [3.05, 3.63) is 50.9 Å². The summed E-state index contributed by atoms with van der Waals surface area (Å²) in [4.78, 5) is 30.8. The van der Waals surface area contributed by atoms with Gasteiger partial charge in [0.15, 0.2) is 0 Å². The lowest BCUT2D eigenvalue weighted by molar-refractivity contribution is -0.128. The highest BCUT2D eigenvalue weighted by molar-refractivity contribution is 7.11. The van der Waals surface area contributed by atoms with E-state index in [9.17, 15) is 9.59 Å². The van der Waals surface area contributed by atoms with Crippen LogP contribution in [0, 0.1) is 6.92 Å². The van der Waals surface area contributed by atoms with Crippen molar-refractivity contribution in [2.75, 3.05) is 6.54 Å². The molecule has 1 unspecified atom stereocenters. The van der Waals surface area contributed by atoms with Gasteiger partial charge in [0, 0.05) is 24.5 Å². The van der Waals surface area contributed by atoms with E-state index in [1.54, 1.807) is 17.3 Å². The quantitative estimate of drug-likeness (QED) is 0.923.